The van der Waals surface area contributed by atoms with Crippen LogP contribution in [0.3, 0.4) is 0 Å². The molecule has 0 aromatic carbocycles. The molecule has 5 nitrogen and oxygen atoms in total. The number of hydrogen-bond acceptors (Lipinski definition) is 4. The van der Waals surface area contributed by atoms with Crippen LogP contribution in [0.4, 0.5) is 13.2 Å². The predicted molar refractivity (Wildman–Crippen MR) is 53.6 cm³/mol. The molecule has 100 valence electrons. The van der Waals surface area contributed by atoms with Gasteiger partial charge in [-0.25, -0.2) is 4.79 Å². The third kappa shape index (κ3) is 5.00. The Morgan fingerprint density at radius 2 is 2.11 bits per heavy atom. The van der Waals surface area contributed by atoms with E-state index in [-0.39, 0.29) is 24.5 Å². The molecule has 0 saturated heterocycles. The Labute approximate surface area is 100 Å². The summed E-state index contributed by atoms with van der Waals surface area (Å²) in [5.41, 5.74) is -0.110. The molecular weight excluding hydrogens is 255 g/mol. The van der Waals surface area contributed by atoms with E-state index in [1.165, 1.54) is 18.5 Å². The highest BCUT2D eigenvalue weighted by molar-refractivity contribution is 5.90. The second-order valence-corrected chi connectivity index (χ2v) is 3.19. The summed E-state index contributed by atoms with van der Waals surface area (Å²) >= 11 is 0. The van der Waals surface area contributed by atoms with E-state index in [1.54, 1.807) is 0 Å². The zero-order valence-electron chi connectivity index (χ0n) is 9.11. The molecule has 0 aliphatic heterocycles. The summed E-state index contributed by atoms with van der Waals surface area (Å²) in [6.45, 7) is -1.86. The van der Waals surface area contributed by atoms with Crippen molar-refractivity contribution >= 4 is 5.97 Å². The van der Waals surface area contributed by atoms with Crippen LogP contribution in [-0.2, 0) is 4.74 Å². The van der Waals surface area contributed by atoms with Gasteiger partial charge >= 0.3 is 12.1 Å². The lowest BCUT2D eigenvalue weighted by atomic mass is 10.2. The second kappa shape index (κ2) is 6.20. The van der Waals surface area contributed by atoms with Crippen molar-refractivity contribution in [3.63, 3.8) is 0 Å². The summed E-state index contributed by atoms with van der Waals surface area (Å²) in [5, 5.41) is 8.79. The first-order chi connectivity index (χ1) is 8.40. The summed E-state index contributed by atoms with van der Waals surface area (Å²) in [6, 6.07) is 1.23. The molecule has 1 rings (SSSR count). The summed E-state index contributed by atoms with van der Waals surface area (Å²) in [6.07, 6.45) is -1.94. The molecular formula is C10H10F3NO4. The third-order valence-corrected chi connectivity index (χ3v) is 1.77. The molecule has 0 unspecified atom stereocenters. The highest BCUT2D eigenvalue weighted by Crippen LogP contribution is 2.16. The second-order valence-electron chi connectivity index (χ2n) is 3.19. The van der Waals surface area contributed by atoms with E-state index in [9.17, 15) is 18.0 Å². The molecule has 0 atom stereocenters. The average Bonchev–Trinajstić information content (AvgIpc) is 2.27. The SMILES string of the molecule is O=C(O)c1ccncc1OCCOCC(F)(F)F. The van der Waals surface area contributed by atoms with Gasteiger partial charge in [-0.2, -0.15) is 13.2 Å². The van der Waals surface area contributed by atoms with Crippen molar-refractivity contribution in [3.05, 3.63) is 24.0 Å². The predicted octanol–water partition coefficient (Wildman–Crippen LogP) is 1.74. The van der Waals surface area contributed by atoms with Crippen molar-refractivity contribution in [2.75, 3.05) is 19.8 Å². The Kier molecular flexibility index (Phi) is 4.90. The van der Waals surface area contributed by atoms with Crippen molar-refractivity contribution in [1.82, 2.24) is 4.98 Å². The highest BCUT2D eigenvalue weighted by atomic mass is 19.4. The van der Waals surface area contributed by atoms with Crippen molar-refractivity contribution in [2.45, 2.75) is 6.18 Å². The number of carboxylic acid groups (broad SMARTS) is 1. The van der Waals surface area contributed by atoms with E-state index < -0.39 is 18.8 Å². The Morgan fingerprint density at radius 1 is 1.39 bits per heavy atom. The maximum absolute atomic E-state index is 11.7. The monoisotopic (exact) mass is 265 g/mol. The highest BCUT2D eigenvalue weighted by Gasteiger charge is 2.27. The zero-order valence-corrected chi connectivity index (χ0v) is 9.11. The molecule has 0 aliphatic carbocycles. The molecule has 0 spiro atoms. The zero-order chi connectivity index (χ0) is 13.6. The largest absolute Gasteiger partial charge is 0.489 e. The van der Waals surface area contributed by atoms with Crippen LogP contribution in [0.2, 0.25) is 0 Å². The lowest BCUT2D eigenvalue weighted by Crippen LogP contribution is -2.19. The molecule has 0 aliphatic rings. The molecule has 0 fully saturated rings. The van der Waals surface area contributed by atoms with Crippen molar-refractivity contribution in [2.24, 2.45) is 0 Å². The third-order valence-electron chi connectivity index (χ3n) is 1.77. The van der Waals surface area contributed by atoms with Crippen LogP contribution in [0.1, 0.15) is 10.4 Å². The molecule has 0 amide bonds. The van der Waals surface area contributed by atoms with E-state index in [0.717, 1.165) is 0 Å². The van der Waals surface area contributed by atoms with Crippen molar-refractivity contribution < 1.29 is 32.5 Å². The fourth-order valence-corrected chi connectivity index (χ4v) is 1.07. The van der Waals surface area contributed by atoms with Gasteiger partial charge in [0.15, 0.2) is 5.75 Å². The standard InChI is InChI=1S/C10H10F3NO4/c11-10(12,13)6-17-3-4-18-8-5-14-2-1-7(8)9(15)16/h1-2,5H,3-4,6H2,(H,15,16). The first-order valence-corrected chi connectivity index (χ1v) is 4.85. The summed E-state index contributed by atoms with van der Waals surface area (Å²) < 4.78 is 44.4. The Bertz CT molecular complexity index is 408. The topological polar surface area (TPSA) is 68.7 Å². The van der Waals surface area contributed by atoms with Crippen molar-refractivity contribution in [3.8, 4) is 5.75 Å². The van der Waals surface area contributed by atoms with Crippen LogP contribution < -0.4 is 4.74 Å². The minimum absolute atomic E-state index is 0.0133. The van der Waals surface area contributed by atoms with Gasteiger partial charge in [0, 0.05) is 6.20 Å². The number of carboxylic acids is 1. The maximum atomic E-state index is 11.7. The van der Waals surface area contributed by atoms with Gasteiger partial charge < -0.3 is 14.6 Å². The minimum atomic E-state index is -4.39. The van der Waals surface area contributed by atoms with E-state index in [4.69, 9.17) is 9.84 Å². The van der Waals surface area contributed by atoms with Crippen LogP contribution in [0.25, 0.3) is 0 Å². The first kappa shape index (κ1) is 14.2. The fourth-order valence-electron chi connectivity index (χ4n) is 1.07. The summed E-state index contributed by atoms with van der Waals surface area (Å²) in [7, 11) is 0. The molecule has 0 saturated carbocycles. The minimum Gasteiger partial charge on any atom is -0.489 e. The summed E-state index contributed by atoms with van der Waals surface area (Å²) in [4.78, 5) is 14.4. The van der Waals surface area contributed by atoms with Crippen LogP contribution in [-0.4, -0.2) is 42.1 Å². The number of ether oxygens (including phenoxy) is 2. The van der Waals surface area contributed by atoms with E-state index in [2.05, 4.69) is 9.72 Å². The van der Waals surface area contributed by atoms with Gasteiger partial charge in [-0.3, -0.25) is 4.98 Å². The molecule has 1 aromatic rings. The molecule has 8 heteroatoms. The van der Waals surface area contributed by atoms with Gasteiger partial charge in [0.05, 0.1) is 12.8 Å². The molecule has 1 N–H and O–H groups in total. The van der Waals surface area contributed by atoms with Crippen molar-refractivity contribution in [1.29, 1.82) is 0 Å². The molecule has 1 aromatic heterocycles. The molecule has 18 heavy (non-hydrogen) atoms. The number of nitrogens with zero attached hydrogens (tertiary/aromatic N) is 1. The quantitative estimate of drug-likeness (QED) is 0.793. The van der Waals surface area contributed by atoms with Gasteiger partial charge in [0.2, 0.25) is 0 Å². The molecule has 0 bridgehead atoms. The van der Waals surface area contributed by atoms with Gasteiger partial charge in [0.1, 0.15) is 18.8 Å². The van der Waals surface area contributed by atoms with E-state index in [1.807, 2.05) is 0 Å². The lowest BCUT2D eigenvalue weighted by molar-refractivity contribution is -0.175. The van der Waals surface area contributed by atoms with E-state index >= 15 is 0 Å². The van der Waals surface area contributed by atoms with Gasteiger partial charge in [-0.05, 0) is 6.07 Å². The molecule has 1 heterocycles. The number of rotatable bonds is 6. The Morgan fingerprint density at radius 3 is 2.72 bits per heavy atom. The number of alkyl halides is 3. The number of aromatic nitrogens is 1. The number of pyridine rings is 1. The number of halogens is 3. The van der Waals surface area contributed by atoms with Crippen LogP contribution in [0, 0.1) is 0 Å². The smallest absolute Gasteiger partial charge is 0.411 e. The van der Waals surface area contributed by atoms with Crippen LogP contribution >= 0.6 is 0 Å². The number of aromatic carboxylic acids is 1. The Balaban J connectivity index is 2.38. The van der Waals surface area contributed by atoms with E-state index in [0.29, 0.717) is 0 Å². The number of hydrogen-bond donors (Lipinski definition) is 1. The molecule has 0 radical (unpaired) electrons. The summed E-state index contributed by atoms with van der Waals surface area (Å²) in [5.74, 6) is -1.22. The number of carbonyl (C=O) groups is 1. The lowest BCUT2D eigenvalue weighted by Gasteiger charge is -2.10. The van der Waals surface area contributed by atoms with Gasteiger partial charge in [-0.1, -0.05) is 0 Å². The normalized spacial score (nSPS) is 11.3. The van der Waals surface area contributed by atoms with Gasteiger partial charge in [-0.15, -0.1) is 0 Å². The van der Waals surface area contributed by atoms with Crippen LogP contribution in [0.5, 0.6) is 5.75 Å². The van der Waals surface area contributed by atoms with Gasteiger partial charge in [0.25, 0.3) is 0 Å². The maximum Gasteiger partial charge on any atom is 0.411 e. The average molecular weight is 265 g/mol. The fraction of sp³-hybridized carbons (Fsp3) is 0.400. The Hall–Kier alpha value is -1.83. The van der Waals surface area contributed by atoms with Crippen LogP contribution in [0.15, 0.2) is 18.5 Å². The first-order valence-electron chi connectivity index (χ1n) is 4.85.